The average Bonchev–Trinajstić information content (AvgIpc) is 3.50. The standard InChI is InChI=1S/C46H52N8O9/c1-25-15-32(16-26(2)36(25)21-47)62-31-7-5-29(6-8-31)50-43(57)37-22-49-40(23-48-37)52-13-11-28(12-14-52)24-53(27(3)55)30-17-33(18-30)63-34-19-35-42(39(20-34)61-4)46(60)54(45(35)59)38-9-10-41(56)51-44(38)58/h15-16,19-20,22-23,28-31,33,38H,5-14,17-18,24H2,1-4H3,(H,50,57)(H,51,56,58)/t29?,30?,31?,33?,38-/m1/s1. The van der Waals surface area contributed by atoms with Gasteiger partial charge in [-0.05, 0) is 94.0 Å². The van der Waals surface area contributed by atoms with Crippen LogP contribution in [0.2, 0.25) is 0 Å². The van der Waals surface area contributed by atoms with E-state index in [2.05, 4.69) is 31.6 Å². The minimum absolute atomic E-state index is 0.00733. The topological polar surface area (TPSA) is 213 Å². The summed E-state index contributed by atoms with van der Waals surface area (Å²) < 4.78 is 18.0. The predicted molar refractivity (Wildman–Crippen MR) is 226 cm³/mol. The molecule has 5 aliphatic rings. The number of ether oxygens (including phenoxy) is 3. The molecule has 2 aliphatic carbocycles. The van der Waals surface area contributed by atoms with Crippen molar-refractivity contribution < 1.29 is 43.0 Å². The molecule has 0 radical (unpaired) electrons. The molecule has 1 atom stereocenters. The Morgan fingerprint density at radius 2 is 1.57 bits per heavy atom. The van der Waals surface area contributed by atoms with E-state index in [1.54, 1.807) is 19.2 Å². The molecule has 4 fully saturated rings. The van der Waals surface area contributed by atoms with Gasteiger partial charge in [-0.3, -0.25) is 39.0 Å². The molecule has 0 unspecified atom stereocenters. The Hall–Kier alpha value is -6.57. The first-order valence-electron chi connectivity index (χ1n) is 21.7. The lowest BCUT2D eigenvalue weighted by molar-refractivity contribution is -0.137. The molecular formula is C46H52N8O9. The quantitative estimate of drug-likeness (QED) is 0.245. The molecule has 17 heteroatoms. The Labute approximate surface area is 365 Å². The molecule has 0 spiro atoms. The zero-order valence-electron chi connectivity index (χ0n) is 36.0. The van der Waals surface area contributed by atoms with Gasteiger partial charge in [0.25, 0.3) is 17.7 Å². The molecule has 63 heavy (non-hydrogen) atoms. The number of imide groups is 2. The molecule has 2 saturated carbocycles. The first-order chi connectivity index (χ1) is 30.3. The second-order valence-electron chi connectivity index (χ2n) is 17.3. The minimum atomic E-state index is -1.09. The molecule has 1 aromatic heterocycles. The zero-order valence-corrected chi connectivity index (χ0v) is 36.0. The number of aryl methyl sites for hydroxylation is 2. The number of nitrogens with one attached hydrogen (secondary N) is 2. The Bertz CT molecular complexity index is 2340. The Balaban J connectivity index is 0.779. The van der Waals surface area contributed by atoms with Crippen molar-refractivity contribution >= 4 is 41.3 Å². The van der Waals surface area contributed by atoms with E-state index in [0.29, 0.717) is 36.5 Å². The maximum absolute atomic E-state index is 13.5. The molecule has 3 aromatic rings. The molecular weight excluding hydrogens is 809 g/mol. The van der Waals surface area contributed by atoms with Crippen LogP contribution in [0.5, 0.6) is 17.2 Å². The summed E-state index contributed by atoms with van der Waals surface area (Å²) in [6.45, 7) is 7.51. The molecule has 2 saturated heterocycles. The fraction of sp³-hybridized carbons (Fsp3) is 0.500. The molecule has 2 N–H and O–H groups in total. The maximum atomic E-state index is 13.5. The molecule has 330 valence electrons. The molecule has 4 heterocycles. The number of anilines is 1. The van der Waals surface area contributed by atoms with Gasteiger partial charge in [-0.25, -0.2) is 9.97 Å². The number of hydrogen-bond acceptors (Lipinski definition) is 13. The van der Waals surface area contributed by atoms with Crippen molar-refractivity contribution in [3.8, 4) is 23.3 Å². The molecule has 0 bridgehead atoms. The van der Waals surface area contributed by atoms with Crippen molar-refractivity contribution in [1.82, 2.24) is 30.4 Å². The molecule has 2 aromatic carbocycles. The number of amides is 6. The fourth-order valence-electron chi connectivity index (χ4n) is 9.55. The first-order valence-corrected chi connectivity index (χ1v) is 21.7. The number of rotatable bonds is 12. The normalized spacial score (nSPS) is 23.6. The fourth-order valence-corrected chi connectivity index (χ4v) is 9.55. The van der Waals surface area contributed by atoms with E-state index in [-0.39, 0.29) is 77.4 Å². The van der Waals surface area contributed by atoms with Gasteiger partial charge >= 0.3 is 0 Å². The molecule has 17 nitrogen and oxygen atoms in total. The van der Waals surface area contributed by atoms with Gasteiger partial charge in [-0.15, -0.1) is 0 Å². The number of piperidine rings is 2. The lowest BCUT2D eigenvalue weighted by Gasteiger charge is -2.44. The number of methoxy groups -OCH3 is 1. The molecule has 3 aliphatic heterocycles. The summed E-state index contributed by atoms with van der Waals surface area (Å²) in [5, 5.41) is 14.7. The van der Waals surface area contributed by atoms with Gasteiger partial charge in [0.1, 0.15) is 40.9 Å². The summed E-state index contributed by atoms with van der Waals surface area (Å²) in [4.78, 5) is 91.0. The monoisotopic (exact) mass is 860 g/mol. The van der Waals surface area contributed by atoms with E-state index in [4.69, 9.17) is 14.2 Å². The van der Waals surface area contributed by atoms with Crippen LogP contribution in [0.3, 0.4) is 0 Å². The Morgan fingerprint density at radius 3 is 2.19 bits per heavy atom. The number of hydrogen-bond donors (Lipinski definition) is 2. The number of nitriles is 1. The van der Waals surface area contributed by atoms with Crippen molar-refractivity contribution in [2.24, 2.45) is 5.92 Å². The number of benzene rings is 2. The first kappa shape index (κ1) is 43.1. The van der Waals surface area contributed by atoms with Gasteiger partial charge in [0.2, 0.25) is 17.7 Å². The van der Waals surface area contributed by atoms with Crippen LogP contribution in [0, 0.1) is 31.1 Å². The lowest BCUT2D eigenvalue weighted by atomic mass is 9.86. The highest BCUT2D eigenvalue weighted by atomic mass is 16.5. The maximum Gasteiger partial charge on any atom is 0.271 e. The van der Waals surface area contributed by atoms with E-state index in [0.717, 1.165) is 73.4 Å². The SMILES string of the molecule is COc1cc(OC2CC(N(CC3CCN(c4cnc(C(=O)NC5CCC(Oc6cc(C)c(C#N)c(C)c6)CC5)cn4)CC3)C(C)=O)C2)cc2c1C(=O)N([C@@H]1CCC(=O)NC1=O)C2=O. The highest BCUT2D eigenvalue weighted by Crippen LogP contribution is 2.39. The lowest BCUT2D eigenvalue weighted by Crippen LogP contribution is -2.54. The zero-order chi connectivity index (χ0) is 44.5. The summed E-state index contributed by atoms with van der Waals surface area (Å²) in [5.74, 6) is -0.443. The second-order valence-corrected chi connectivity index (χ2v) is 17.3. The largest absolute Gasteiger partial charge is 0.496 e. The van der Waals surface area contributed by atoms with Crippen molar-refractivity contribution in [3.63, 3.8) is 0 Å². The van der Waals surface area contributed by atoms with Crippen molar-refractivity contribution in [3.05, 3.63) is 70.2 Å². The van der Waals surface area contributed by atoms with E-state index in [9.17, 15) is 34.0 Å². The van der Waals surface area contributed by atoms with Crippen LogP contribution in [0.25, 0.3) is 0 Å². The summed E-state index contributed by atoms with van der Waals surface area (Å²) in [6.07, 6.45) is 9.15. The number of nitrogens with zero attached hydrogens (tertiary/aromatic N) is 6. The van der Waals surface area contributed by atoms with Crippen LogP contribution in [-0.4, -0.2) is 112 Å². The highest BCUT2D eigenvalue weighted by Gasteiger charge is 2.47. The van der Waals surface area contributed by atoms with Crippen LogP contribution in [0.15, 0.2) is 36.7 Å². The van der Waals surface area contributed by atoms with Gasteiger partial charge in [-0.2, -0.15) is 5.26 Å². The van der Waals surface area contributed by atoms with E-state index in [1.165, 1.54) is 19.4 Å². The average molecular weight is 861 g/mol. The number of fused-ring (bicyclic) bond motifs is 1. The van der Waals surface area contributed by atoms with Crippen molar-refractivity contribution in [2.75, 3.05) is 31.6 Å². The van der Waals surface area contributed by atoms with Gasteiger partial charge in [0.15, 0.2) is 0 Å². The third kappa shape index (κ3) is 9.02. The van der Waals surface area contributed by atoms with Crippen LogP contribution in [0.4, 0.5) is 5.82 Å². The van der Waals surface area contributed by atoms with Crippen molar-refractivity contribution in [2.45, 2.75) is 115 Å². The summed E-state index contributed by atoms with van der Waals surface area (Å²) in [6, 6.07) is 8.03. The summed E-state index contributed by atoms with van der Waals surface area (Å²) in [7, 11) is 1.39. The Kier molecular flexibility index (Phi) is 12.3. The van der Waals surface area contributed by atoms with E-state index in [1.807, 2.05) is 30.9 Å². The Morgan fingerprint density at radius 1 is 0.889 bits per heavy atom. The van der Waals surface area contributed by atoms with Crippen LogP contribution >= 0.6 is 0 Å². The van der Waals surface area contributed by atoms with Gasteiger partial charge in [-0.1, -0.05) is 0 Å². The predicted octanol–water partition coefficient (Wildman–Crippen LogP) is 4.17. The summed E-state index contributed by atoms with van der Waals surface area (Å²) >= 11 is 0. The van der Waals surface area contributed by atoms with Gasteiger partial charge in [0.05, 0.1) is 48.4 Å². The van der Waals surface area contributed by atoms with Crippen LogP contribution in [-0.2, 0) is 14.4 Å². The summed E-state index contributed by atoms with van der Waals surface area (Å²) in [5.41, 5.74) is 2.88. The van der Waals surface area contributed by atoms with Gasteiger partial charge < -0.3 is 29.3 Å². The molecule has 8 rings (SSSR count). The number of carbonyl (C=O) groups excluding carboxylic acids is 6. The highest BCUT2D eigenvalue weighted by molar-refractivity contribution is 6.24. The number of aromatic nitrogens is 2. The minimum Gasteiger partial charge on any atom is -0.496 e. The molecule has 6 amide bonds. The van der Waals surface area contributed by atoms with Gasteiger partial charge in [0, 0.05) is 64.0 Å². The number of carbonyl (C=O) groups is 6. The van der Waals surface area contributed by atoms with E-state index >= 15 is 0 Å². The third-order valence-corrected chi connectivity index (χ3v) is 13.1. The van der Waals surface area contributed by atoms with Crippen molar-refractivity contribution in [1.29, 1.82) is 5.26 Å². The second kappa shape index (κ2) is 18.0. The smallest absolute Gasteiger partial charge is 0.271 e. The van der Waals surface area contributed by atoms with E-state index < -0.39 is 29.7 Å². The van der Waals surface area contributed by atoms with Crippen LogP contribution in [0.1, 0.15) is 119 Å². The van der Waals surface area contributed by atoms with Crippen LogP contribution < -0.4 is 29.7 Å². The third-order valence-electron chi connectivity index (χ3n) is 13.1.